The number of ether oxygens (including phenoxy) is 5. The molecule has 0 unspecified atom stereocenters. The summed E-state index contributed by atoms with van der Waals surface area (Å²) in [6.45, 7) is 16.3. The third kappa shape index (κ3) is 9.61. The van der Waals surface area contributed by atoms with E-state index in [9.17, 15) is 0 Å². The summed E-state index contributed by atoms with van der Waals surface area (Å²) in [5.41, 5.74) is 4.31. The molecule has 0 aromatic heterocycles. The van der Waals surface area contributed by atoms with Gasteiger partial charge in [0.25, 0.3) is 0 Å². The minimum Gasteiger partial charge on any atom is -0.368 e. The quantitative estimate of drug-likeness (QED) is 0.135. The Morgan fingerprint density at radius 2 is 1.17 bits per heavy atom. The Morgan fingerprint density at radius 3 is 1.78 bits per heavy atom. The molecule has 5 fully saturated rings. The molecule has 4 saturated carbocycles. The van der Waals surface area contributed by atoms with Crippen LogP contribution in [0.15, 0.2) is 91.0 Å². The van der Waals surface area contributed by atoms with Gasteiger partial charge in [-0.25, -0.2) is 0 Å². The topological polar surface area (TPSA) is 46.2 Å². The molecule has 5 nitrogen and oxygen atoms in total. The Morgan fingerprint density at radius 1 is 0.610 bits per heavy atom. The first-order chi connectivity index (χ1) is 28.6. The van der Waals surface area contributed by atoms with Crippen LogP contribution in [-0.4, -0.2) is 36.8 Å². The Hall–Kier alpha value is -2.54. The van der Waals surface area contributed by atoms with Crippen molar-refractivity contribution >= 4 is 0 Å². The van der Waals surface area contributed by atoms with Crippen LogP contribution in [0.3, 0.4) is 0 Å². The van der Waals surface area contributed by atoms with Gasteiger partial charge in [-0.1, -0.05) is 145 Å². The third-order valence-corrected chi connectivity index (χ3v) is 16.7. The summed E-state index contributed by atoms with van der Waals surface area (Å²) in [6, 6.07) is 31.3. The fourth-order valence-electron chi connectivity index (χ4n) is 13.5. The van der Waals surface area contributed by atoms with Crippen molar-refractivity contribution in [1.82, 2.24) is 0 Å². The second-order valence-corrected chi connectivity index (χ2v) is 20.7. The van der Waals surface area contributed by atoms with Crippen molar-refractivity contribution < 1.29 is 23.7 Å². The number of rotatable bonds is 16. The molecule has 5 heteroatoms. The summed E-state index contributed by atoms with van der Waals surface area (Å²) in [5.74, 6) is 5.94. The van der Waals surface area contributed by atoms with Gasteiger partial charge in [0.05, 0.1) is 32.0 Å². The highest BCUT2D eigenvalue weighted by molar-refractivity contribution is 5.16. The normalized spacial score (nSPS) is 37.4. The minimum atomic E-state index is -0.551. The van der Waals surface area contributed by atoms with Gasteiger partial charge in [-0.2, -0.15) is 0 Å². The predicted molar refractivity (Wildman–Crippen MR) is 237 cm³/mol. The molecule has 3 aromatic carbocycles. The van der Waals surface area contributed by atoms with E-state index in [1.54, 1.807) is 0 Å². The molecule has 322 valence electrons. The standard InChI is InChI=1S/C54H76O5/c1-37(2)17-16-18-38(3)46-27-28-47-45-26-25-43-33-44(29-31-53(43,5)48(45)30-32-54(46,47)6)59-52-51(57-36-42-23-14-9-15-24-42)50(56-35-41-21-12-8-13-22-41)49(39(4)58-52)55-34-40-19-10-7-11-20-40/h7-15,19-24,37-39,43-52H,16-18,25-36H2,1-6H3/t38-,39+,43+,44+,45+,46-,47+,48+,49+,50-,51-,52+,53+,54-/m1/s1. The van der Waals surface area contributed by atoms with Crippen molar-refractivity contribution in [2.45, 2.75) is 175 Å². The molecule has 1 heterocycles. The van der Waals surface area contributed by atoms with E-state index >= 15 is 0 Å². The summed E-state index contributed by atoms with van der Waals surface area (Å²) in [4.78, 5) is 0. The van der Waals surface area contributed by atoms with Crippen LogP contribution in [0.25, 0.3) is 0 Å². The summed E-state index contributed by atoms with van der Waals surface area (Å²) >= 11 is 0. The molecule has 3 aromatic rings. The van der Waals surface area contributed by atoms with Crippen molar-refractivity contribution in [1.29, 1.82) is 0 Å². The van der Waals surface area contributed by atoms with Gasteiger partial charge in [0, 0.05) is 0 Å². The highest BCUT2D eigenvalue weighted by Gasteiger charge is 2.61. The molecule has 8 rings (SSSR count). The average molecular weight is 805 g/mol. The lowest BCUT2D eigenvalue weighted by atomic mass is 9.44. The van der Waals surface area contributed by atoms with Crippen molar-refractivity contribution in [2.75, 3.05) is 0 Å². The van der Waals surface area contributed by atoms with Crippen molar-refractivity contribution in [3.05, 3.63) is 108 Å². The molecule has 4 aliphatic carbocycles. The van der Waals surface area contributed by atoms with Crippen LogP contribution in [0, 0.1) is 52.3 Å². The SMILES string of the molecule is CC(C)CCC[C@@H](C)[C@H]1CC[C@H]2[C@@H]3CC[C@H]4C[C@@H](O[C@@H]5O[C@@H](C)[C@H](OCc6ccccc6)[C@@H](OCc6ccccc6)[C@H]5OCc5ccccc5)CC[C@]4(C)[C@H]3CC[C@]12C. The van der Waals surface area contributed by atoms with Gasteiger partial charge in [-0.05, 0) is 134 Å². The van der Waals surface area contributed by atoms with E-state index in [-0.39, 0.29) is 24.4 Å². The van der Waals surface area contributed by atoms with E-state index in [1.165, 1.54) is 64.2 Å². The molecule has 1 saturated heterocycles. The zero-order valence-electron chi connectivity index (χ0n) is 37.3. The van der Waals surface area contributed by atoms with Crippen LogP contribution in [0.4, 0.5) is 0 Å². The highest BCUT2D eigenvalue weighted by atomic mass is 16.7. The van der Waals surface area contributed by atoms with E-state index in [4.69, 9.17) is 23.7 Å². The van der Waals surface area contributed by atoms with Crippen molar-refractivity contribution in [2.24, 2.45) is 52.3 Å². The van der Waals surface area contributed by atoms with Gasteiger partial charge in [-0.3, -0.25) is 0 Å². The Bertz CT molecular complexity index is 1720. The lowest BCUT2D eigenvalue weighted by Gasteiger charge is -2.61. The third-order valence-electron chi connectivity index (χ3n) is 16.7. The molecule has 0 N–H and O–H groups in total. The van der Waals surface area contributed by atoms with Crippen LogP contribution in [0.2, 0.25) is 0 Å². The largest absolute Gasteiger partial charge is 0.368 e. The van der Waals surface area contributed by atoms with Crippen LogP contribution in [-0.2, 0) is 43.5 Å². The van der Waals surface area contributed by atoms with E-state index in [0.29, 0.717) is 36.6 Å². The maximum absolute atomic E-state index is 7.22. The van der Waals surface area contributed by atoms with E-state index in [0.717, 1.165) is 65.0 Å². The van der Waals surface area contributed by atoms with Gasteiger partial charge in [0.1, 0.15) is 18.3 Å². The van der Waals surface area contributed by atoms with Crippen LogP contribution >= 0.6 is 0 Å². The lowest BCUT2D eigenvalue weighted by Crippen LogP contribution is -2.61. The van der Waals surface area contributed by atoms with E-state index in [1.807, 2.05) is 6.07 Å². The summed E-state index contributed by atoms with van der Waals surface area (Å²) in [5, 5.41) is 0. The van der Waals surface area contributed by atoms with Crippen LogP contribution in [0.5, 0.6) is 0 Å². The zero-order valence-corrected chi connectivity index (χ0v) is 37.3. The first kappa shape index (κ1) is 43.1. The second kappa shape index (κ2) is 19.2. The fourth-order valence-corrected chi connectivity index (χ4v) is 13.5. The molecule has 5 aliphatic rings. The monoisotopic (exact) mass is 805 g/mol. The molecule has 0 spiro atoms. The fraction of sp³-hybridized carbons (Fsp3) is 0.667. The average Bonchev–Trinajstić information content (AvgIpc) is 3.60. The van der Waals surface area contributed by atoms with E-state index in [2.05, 4.69) is 126 Å². The van der Waals surface area contributed by atoms with Crippen LogP contribution in [0.1, 0.15) is 135 Å². The molecule has 0 radical (unpaired) electrons. The molecule has 0 bridgehead atoms. The lowest BCUT2D eigenvalue weighted by molar-refractivity contribution is -0.332. The second-order valence-electron chi connectivity index (χ2n) is 20.7. The van der Waals surface area contributed by atoms with Gasteiger partial charge < -0.3 is 23.7 Å². The Labute approximate surface area is 357 Å². The zero-order chi connectivity index (χ0) is 41.0. The first-order valence-corrected chi connectivity index (χ1v) is 23.9. The summed E-state index contributed by atoms with van der Waals surface area (Å²) in [6.07, 6.45) is 14.3. The summed E-state index contributed by atoms with van der Waals surface area (Å²) in [7, 11) is 0. The van der Waals surface area contributed by atoms with Crippen LogP contribution < -0.4 is 0 Å². The summed E-state index contributed by atoms with van der Waals surface area (Å²) < 4.78 is 34.7. The minimum absolute atomic E-state index is 0.137. The first-order valence-electron chi connectivity index (χ1n) is 23.9. The van der Waals surface area contributed by atoms with Gasteiger partial charge in [-0.15, -0.1) is 0 Å². The van der Waals surface area contributed by atoms with Crippen molar-refractivity contribution in [3.63, 3.8) is 0 Å². The number of hydrogen-bond donors (Lipinski definition) is 0. The van der Waals surface area contributed by atoms with Gasteiger partial charge in [0.15, 0.2) is 6.29 Å². The van der Waals surface area contributed by atoms with E-state index < -0.39 is 12.4 Å². The predicted octanol–water partition coefficient (Wildman–Crippen LogP) is 13.0. The Kier molecular flexibility index (Phi) is 14.1. The number of fused-ring (bicyclic) bond motifs is 5. The molecular formula is C54H76O5. The molecular weight excluding hydrogens is 729 g/mol. The maximum atomic E-state index is 7.22. The number of benzene rings is 3. The molecule has 0 amide bonds. The maximum Gasteiger partial charge on any atom is 0.187 e. The van der Waals surface area contributed by atoms with Gasteiger partial charge >= 0.3 is 0 Å². The smallest absolute Gasteiger partial charge is 0.187 e. The highest BCUT2D eigenvalue weighted by Crippen LogP contribution is 2.68. The van der Waals surface area contributed by atoms with Crippen molar-refractivity contribution in [3.8, 4) is 0 Å². The van der Waals surface area contributed by atoms with Gasteiger partial charge in [0.2, 0.25) is 0 Å². The Balaban J connectivity index is 0.968. The molecule has 59 heavy (non-hydrogen) atoms. The molecule has 1 aliphatic heterocycles. The number of hydrogen-bond acceptors (Lipinski definition) is 5. The molecule has 14 atom stereocenters.